The maximum atomic E-state index is 12.3. The highest BCUT2D eigenvalue weighted by Crippen LogP contribution is 2.16. The zero-order valence-electron chi connectivity index (χ0n) is 13.5. The molecule has 0 aliphatic carbocycles. The van der Waals surface area contributed by atoms with Crippen LogP contribution in [0.2, 0.25) is 0 Å². The minimum atomic E-state index is -0.511. The monoisotopic (exact) mass is 295 g/mol. The molecule has 1 rings (SSSR count). The third-order valence-corrected chi connectivity index (χ3v) is 2.79. The lowest BCUT2D eigenvalue weighted by molar-refractivity contribution is 0.0453. The normalized spacial score (nSPS) is 11.0. The standard InChI is InChI=1S/C16H25NO4/c1-6-17-8-7-13(16(19)21-10-12(4)5)14(15(17)18)20-9-11(2)3/h7-8,11-12H,6,9-10H2,1-5H3. The maximum absolute atomic E-state index is 12.3. The van der Waals surface area contributed by atoms with Crippen molar-refractivity contribution in [3.05, 3.63) is 28.2 Å². The van der Waals surface area contributed by atoms with Crippen LogP contribution in [0.3, 0.4) is 0 Å². The van der Waals surface area contributed by atoms with E-state index in [9.17, 15) is 9.59 Å². The summed E-state index contributed by atoms with van der Waals surface area (Å²) < 4.78 is 12.3. The summed E-state index contributed by atoms with van der Waals surface area (Å²) in [6, 6.07) is 1.59. The molecule has 0 aliphatic heterocycles. The van der Waals surface area contributed by atoms with Gasteiger partial charge >= 0.3 is 5.97 Å². The van der Waals surface area contributed by atoms with Gasteiger partial charge in [0.2, 0.25) is 0 Å². The number of esters is 1. The number of aromatic nitrogens is 1. The van der Waals surface area contributed by atoms with Gasteiger partial charge in [0.15, 0.2) is 5.75 Å². The summed E-state index contributed by atoms with van der Waals surface area (Å²) in [5.74, 6) is 0.0776. The van der Waals surface area contributed by atoms with E-state index in [2.05, 4.69) is 0 Å². The van der Waals surface area contributed by atoms with E-state index in [1.165, 1.54) is 4.57 Å². The fourth-order valence-corrected chi connectivity index (χ4v) is 1.67. The van der Waals surface area contributed by atoms with E-state index in [4.69, 9.17) is 9.47 Å². The molecule has 1 aromatic heterocycles. The van der Waals surface area contributed by atoms with Crippen LogP contribution in [0, 0.1) is 11.8 Å². The molecule has 0 atom stereocenters. The van der Waals surface area contributed by atoms with Gasteiger partial charge in [-0.1, -0.05) is 27.7 Å². The number of rotatable bonds is 7. The number of hydrogen-bond donors (Lipinski definition) is 0. The van der Waals surface area contributed by atoms with Crippen molar-refractivity contribution in [2.24, 2.45) is 11.8 Å². The van der Waals surface area contributed by atoms with Gasteiger partial charge in [-0.3, -0.25) is 4.79 Å². The predicted molar refractivity (Wildman–Crippen MR) is 81.8 cm³/mol. The molecule has 5 nitrogen and oxygen atoms in total. The molecule has 0 N–H and O–H groups in total. The first-order valence-corrected chi connectivity index (χ1v) is 7.40. The molecule has 0 unspecified atom stereocenters. The van der Waals surface area contributed by atoms with Gasteiger partial charge < -0.3 is 14.0 Å². The molecule has 0 aliphatic rings. The second kappa shape index (κ2) is 7.86. The zero-order valence-corrected chi connectivity index (χ0v) is 13.5. The van der Waals surface area contributed by atoms with Gasteiger partial charge in [-0.2, -0.15) is 0 Å². The number of hydrogen-bond acceptors (Lipinski definition) is 4. The number of aryl methyl sites for hydroxylation is 1. The summed E-state index contributed by atoms with van der Waals surface area (Å²) in [4.78, 5) is 24.4. The molecule has 1 heterocycles. The lowest BCUT2D eigenvalue weighted by Gasteiger charge is -2.14. The first kappa shape index (κ1) is 17.3. The highest BCUT2D eigenvalue weighted by Gasteiger charge is 2.19. The highest BCUT2D eigenvalue weighted by atomic mass is 16.5. The van der Waals surface area contributed by atoms with Gasteiger partial charge in [0.25, 0.3) is 5.56 Å². The zero-order chi connectivity index (χ0) is 16.0. The van der Waals surface area contributed by atoms with Gasteiger partial charge in [-0.15, -0.1) is 0 Å². The predicted octanol–water partition coefficient (Wildman–Crippen LogP) is 2.72. The SMILES string of the molecule is CCn1ccc(C(=O)OCC(C)C)c(OCC(C)C)c1=O. The van der Waals surface area contributed by atoms with Crippen molar-refractivity contribution in [1.82, 2.24) is 4.57 Å². The van der Waals surface area contributed by atoms with Gasteiger partial charge in [-0.25, -0.2) is 4.79 Å². The van der Waals surface area contributed by atoms with E-state index in [0.29, 0.717) is 19.8 Å². The summed E-state index contributed by atoms with van der Waals surface area (Å²) >= 11 is 0. The van der Waals surface area contributed by atoms with Crippen molar-refractivity contribution in [1.29, 1.82) is 0 Å². The highest BCUT2D eigenvalue weighted by molar-refractivity contribution is 5.92. The Morgan fingerprint density at radius 2 is 1.81 bits per heavy atom. The van der Waals surface area contributed by atoms with E-state index in [1.807, 2.05) is 34.6 Å². The molecule has 0 saturated heterocycles. The van der Waals surface area contributed by atoms with Crippen molar-refractivity contribution in [3.8, 4) is 5.75 Å². The molecule has 0 radical (unpaired) electrons. The first-order chi connectivity index (χ1) is 9.86. The summed E-state index contributed by atoms with van der Waals surface area (Å²) in [7, 11) is 0. The lowest BCUT2D eigenvalue weighted by Crippen LogP contribution is -2.25. The van der Waals surface area contributed by atoms with E-state index in [1.54, 1.807) is 12.3 Å². The number of pyridine rings is 1. The Morgan fingerprint density at radius 3 is 2.33 bits per heavy atom. The van der Waals surface area contributed by atoms with Crippen LogP contribution in [0.1, 0.15) is 45.0 Å². The molecule has 0 saturated carbocycles. The number of ether oxygens (including phenoxy) is 2. The number of carbonyl (C=O) groups is 1. The van der Waals surface area contributed by atoms with Crippen LogP contribution < -0.4 is 10.3 Å². The molecule has 0 bridgehead atoms. The van der Waals surface area contributed by atoms with Gasteiger partial charge in [0.05, 0.1) is 13.2 Å². The summed E-state index contributed by atoms with van der Waals surface area (Å²) in [6.07, 6.45) is 1.59. The van der Waals surface area contributed by atoms with Crippen molar-refractivity contribution < 1.29 is 14.3 Å². The van der Waals surface area contributed by atoms with Crippen LogP contribution in [0.15, 0.2) is 17.1 Å². The summed E-state index contributed by atoms with van der Waals surface area (Å²) in [5.41, 5.74) is -0.0943. The molecule has 21 heavy (non-hydrogen) atoms. The average Bonchev–Trinajstić information content (AvgIpc) is 2.42. The second-order valence-corrected chi connectivity index (χ2v) is 5.85. The quantitative estimate of drug-likeness (QED) is 0.726. The molecule has 5 heteroatoms. The Morgan fingerprint density at radius 1 is 1.19 bits per heavy atom. The molecule has 118 valence electrons. The minimum Gasteiger partial charge on any atom is -0.487 e. The van der Waals surface area contributed by atoms with Crippen molar-refractivity contribution >= 4 is 5.97 Å². The maximum Gasteiger partial charge on any atom is 0.342 e. The van der Waals surface area contributed by atoms with Gasteiger partial charge in [-0.05, 0) is 24.8 Å². The Kier molecular flexibility index (Phi) is 6.46. The Bertz CT molecular complexity index is 532. The van der Waals surface area contributed by atoms with Crippen LogP contribution in [0.25, 0.3) is 0 Å². The molecule has 0 aromatic carbocycles. The van der Waals surface area contributed by atoms with Crippen LogP contribution in [-0.2, 0) is 11.3 Å². The summed E-state index contributed by atoms with van der Waals surface area (Å²) in [5, 5.41) is 0. The van der Waals surface area contributed by atoms with Crippen LogP contribution in [0.5, 0.6) is 5.75 Å². The molecular weight excluding hydrogens is 270 g/mol. The van der Waals surface area contributed by atoms with E-state index >= 15 is 0 Å². The Hall–Kier alpha value is -1.78. The smallest absolute Gasteiger partial charge is 0.342 e. The largest absolute Gasteiger partial charge is 0.487 e. The molecule has 1 aromatic rings. The van der Waals surface area contributed by atoms with Crippen LogP contribution >= 0.6 is 0 Å². The Balaban J connectivity index is 3.09. The van der Waals surface area contributed by atoms with Gasteiger partial charge in [0.1, 0.15) is 5.56 Å². The molecule has 0 fully saturated rings. The van der Waals surface area contributed by atoms with Crippen molar-refractivity contribution in [3.63, 3.8) is 0 Å². The van der Waals surface area contributed by atoms with Crippen LogP contribution in [-0.4, -0.2) is 23.8 Å². The average molecular weight is 295 g/mol. The van der Waals surface area contributed by atoms with Crippen molar-refractivity contribution in [2.45, 2.75) is 41.2 Å². The first-order valence-electron chi connectivity index (χ1n) is 7.40. The van der Waals surface area contributed by atoms with E-state index in [0.717, 1.165) is 0 Å². The molecular formula is C16H25NO4. The third kappa shape index (κ3) is 4.92. The molecule has 0 spiro atoms. The summed E-state index contributed by atoms with van der Waals surface area (Å²) in [6.45, 7) is 11.0. The third-order valence-electron chi connectivity index (χ3n) is 2.79. The number of carbonyl (C=O) groups excluding carboxylic acids is 1. The van der Waals surface area contributed by atoms with E-state index in [-0.39, 0.29) is 28.7 Å². The van der Waals surface area contributed by atoms with Crippen LogP contribution in [0.4, 0.5) is 0 Å². The minimum absolute atomic E-state index is 0.0850. The molecule has 0 amide bonds. The van der Waals surface area contributed by atoms with Gasteiger partial charge in [0, 0.05) is 12.7 Å². The van der Waals surface area contributed by atoms with E-state index < -0.39 is 5.97 Å². The topological polar surface area (TPSA) is 57.5 Å². The lowest BCUT2D eigenvalue weighted by atomic mass is 10.2. The Labute approximate surface area is 125 Å². The van der Waals surface area contributed by atoms with Crippen molar-refractivity contribution in [2.75, 3.05) is 13.2 Å². The fraction of sp³-hybridized carbons (Fsp3) is 0.625. The second-order valence-electron chi connectivity index (χ2n) is 5.85. The number of nitrogens with zero attached hydrogens (tertiary/aromatic N) is 1. The fourth-order valence-electron chi connectivity index (χ4n) is 1.67.